The molecule has 2 heteroatoms. The molecule has 0 aromatic carbocycles. The van der Waals surface area contributed by atoms with Crippen LogP contribution in [0.15, 0.2) is 11.8 Å². The van der Waals surface area contributed by atoms with E-state index in [1.165, 1.54) is 12.0 Å². The highest BCUT2D eigenvalue weighted by Crippen LogP contribution is 2.28. The number of allylic oxidation sites excluding steroid dienone is 1. The third-order valence-corrected chi connectivity index (χ3v) is 2.15. The van der Waals surface area contributed by atoms with Crippen LogP contribution in [0.1, 0.15) is 33.6 Å². The van der Waals surface area contributed by atoms with Crippen molar-refractivity contribution < 1.29 is 9.47 Å². The predicted octanol–water partition coefficient (Wildman–Crippen LogP) is 2.50. The molecule has 1 heterocycles. The third-order valence-electron chi connectivity index (χ3n) is 2.15. The molecule has 12 heavy (non-hydrogen) atoms. The number of rotatable bonds is 4. The van der Waals surface area contributed by atoms with Crippen molar-refractivity contribution in [2.75, 3.05) is 13.2 Å². The van der Waals surface area contributed by atoms with Crippen molar-refractivity contribution in [3.63, 3.8) is 0 Å². The fourth-order valence-corrected chi connectivity index (χ4v) is 1.15. The number of hydrogen-bond donors (Lipinski definition) is 0. The van der Waals surface area contributed by atoms with E-state index >= 15 is 0 Å². The van der Waals surface area contributed by atoms with E-state index in [0.29, 0.717) is 0 Å². The summed E-state index contributed by atoms with van der Waals surface area (Å²) < 4.78 is 10.7. The van der Waals surface area contributed by atoms with Gasteiger partial charge in [0, 0.05) is 6.42 Å². The SMILES string of the molecule is CC(C)=COCCC1(C)CCO1. The first kappa shape index (κ1) is 9.59. The average Bonchev–Trinajstić information content (AvgIpc) is 1.94. The highest BCUT2D eigenvalue weighted by atomic mass is 16.5. The largest absolute Gasteiger partial charge is 0.501 e. The molecule has 0 spiro atoms. The Bertz CT molecular complexity index is 165. The lowest BCUT2D eigenvalue weighted by Gasteiger charge is -2.38. The molecule has 0 radical (unpaired) electrons. The van der Waals surface area contributed by atoms with Gasteiger partial charge in [-0.2, -0.15) is 0 Å². The summed E-state index contributed by atoms with van der Waals surface area (Å²) in [5.74, 6) is 0. The van der Waals surface area contributed by atoms with Gasteiger partial charge in [0.15, 0.2) is 0 Å². The summed E-state index contributed by atoms with van der Waals surface area (Å²) in [7, 11) is 0. The summed E-state index contributed by atoms with van der Waals surface area (Å²) >= 11 is 0. The molecule has 0 amide bonds. The van der Waals surface area contributed by atoms with E-state index in [2.05, 4.69) is 6.92 Å². The van der Waals surface area contributed by atoms with Crippen LogP contribution in [0, 0.1) is 0 Å². The molecule has 1 saturated heterocycles. The first-order valence-electron chi connectivity index (χ1n) is 4.51. The Balaban J connectivity index is 2.06. The molecule has 2 nitrogen and oxygen atoms in total. The van der Waals surface area contributed by atoms with Gasteiger partial charge in [0.25, 0.3) is 0 Å². The second-order valence-electron chi connectivity index (χ2n) is 3.86. The molecular weight excluding hydrogens is 152 g/mol. The predicted molar refractivity (Wildman–Crippen MR) is 49.0 cm³/mol. The van der Waals surface area contributed by atoms with Crippen molar-refractivity contribution in [3.8, 4) is 0 Å². The summed E-state index contributed by atoms with van der Waals surface area (Å²) in [5, 5.41) is 0. The van der Waals surface area contributed by atoms with Gasteiger partial charge in [-0.05, 0) is 32.8 Å². The minimum absolute atomic E-state index is 0.107. The first-order chi connectivity index (χ1) is 5.62. The average molecular weight is 170 g/mol. The highest BCUT2D eigenvalue weighted by Gasteiger charge is 2.32. The Kier molecular flexibility index (Phi) is 3.15. The van der Waals surface area contributed by atoms with Gasteiger partial charge >= 0.3 is 0 Å². The van der Waals surface area contributed by atoms with Crippen molar-refractivity contribution >= 4 is 0 Å². The van der Waals surface area contributed by atoms with Crippen molar-refractivity contribution in [2.45, 2.75) is 39.2 Å². The summed E-state index contributed by atoms with van der Waals surface area (Å²) in [5.41, 5.74) is 1.31. The molecule has 0 saturated carbocycles. The van der Waals surface area contributed by atoms with E-state index in [4.69, 9.17) is 9.47 Å². The molecule has 70 valence electrons. The molecular formula is C10H18O2. The second-order valence-corrected chi connectivity index (χ2v) is 3.86. The maximum absolute atomic E-state index is 5.42. The van der Waals surface area contributed by atoms with Crippen LogP contribution in [0.4, 0.5) is 0 Å². The van der Waals surface area contributed by atoms with Crippen LogP contribution in [0.25, 0.3) is 0 Å². The fourth-order valence-electron chi connectivity index (χ4n) is 1.15. The van der Waals surface area contributed by atoms with Gasteiger partial charge in [-0.3, -0.25) is 0 Å². The normalized spacial score (nSPS) is 27.6. The zero-order chi connectivity index (χ0) is 9.03. The molecule has 0 aromatic rings. The Hall–Kier alpha value is -0.500. The molecule has 0 aromatic heterocycles. The minimum Gasteiger partial charge on any atom is -0.501 e. The summed E-state index contributed by atoms with van der Waals surface area (Å²) in [4.78, 5) is 0. The van der Waals surface area contributed by atoms with Gasteiger partial charge in [0.2, 0.25) is 0 Å². The Labute approximate surface area is 74.6 Å². The smallest absolute Gasteiger partial charge is 0.0900 e. The monoisotopic (exact) mass is 170 g/mol. The van der Waals surface area contributed by atoms with Crippen molar-refractivity contribution in [2.24, 2.45) is 0 Å². The third kappa shape index (κ3) is 2.86. The number of ether oxygens (including phenoxy) is 2. The van der Waals surface area contributed by atoms with Crippen LogP contribution in [0.5, 0.6) is 0 Å². The molecule has 1 aliphatic rings. The molecule has 1 aliphatic heterocycles. The summed E-state index contributed by atoms with van der Waals surface area (Å²) in [6.45, 7) is 7.88. The van der Waals surface area contributed by atoms with Gasteiger partial charge in [0.1, 0.15) is 0 Å². The van der Waals surface area contributed by atoms with Gasteiger partial charge < -0.3 is 9.47 Å². The quantitative estimate of drug-likeness (QED) is 0.476. The molecule has 1 fully saturated rings. The lowest BCUT2D eigenvalue weighted by molar-refractivity contribution is -0.143. The van der Waals surface area contributed by atoms with Gasteiger partial charge in [0.05, 0.1) is 25.1 Å². The maximum atomic E-state index is 5.42. The molecule has 1 unspecified atom stereocenters. The summed E-state index contributed by atoms with van der Waals surface area (Å²) in [6, 6.07) is 0. The van der Waals surface area contributed by atoms with E-state index in [9.17, 15) is 0 Å². The standard InChI is InChI=1S/C10H18O2/c1-9(2)8-11-6-4-10(3)5-7-12-10/h8H,4-7H2,1-3H3. The van der Waals surface area contributed by atoms with Gasteiger partial charge in [-0.15, -0.1) is 0 Å². The van der Waals surface area contributed by atoms with Gasteiger partial charge in [-0.25, -0.2) is 0 Å². The maximum Gasteiger partial charge on any atom is 0.0900 e. The van der Waals surface area contributed by atoms with E-state index in [1.54, 1.807) is 0 Å². The highest BCUT2D eigenvalue weighted by molar-refractivity contribution is 4.87. The Morgan fingerprint density at radius 3 is 2.67 bits per heavy atom. The van der Waals surface area contributed by atoms with E-state index in [1.807, 2.05) is 20.1 Å². The van der Waals surface area contributed by atoms with Crippen LogP contribution < -0.4 is 0 Å². The zero-order valence-corrected chi connectivity index (χ0v) is 8.22. The number of hydrogen-bond acceptors (Lipinski definition) is 2. The molecule has 1 rings (SSSR count). The molecule has 0 N–H and O–H groups in total. The topological polar surface area (TPSA) is 18.5 Å². The van der Waals surface area contributed by atoms with E-state index in [-0.39, 0.29) is 5.60 Å². The zero-order valence-electron chi connectivity index (χ0n) is 8.22. The van der Waals surface area contributed by atoms with Gasteiger partial charge in [-0.1, -0.05) is 0 Å². The lowest BCUT2D eigenvalue weighted by atomic mass is 9.94. The Morgan fingerprint density at radius 1 is 1.58 bits per heavy atom. The van der Waals surface area contributed by atoms with E-state index < -0.39 is 0 Å². The molecule has 1 atom stereocenters. The lowest BCUT2D eigenvalue weighted by Crippen LogP contribution is -2.41. The summed E-state index contributed by atoms with van der Waals surface area (Å²) in [6.07, 6.45) is 3.98. The second kappa shape index (κ2) is 3.94. The van der Waals surface area contributed by atoms with Crippen molar-refractivity contribution in [1.29, 1.82) is 0 Å². The fraction of sp³-hybridized carbons (Fsp3) is 0.800. The van der Waals surface area contributed by atoms with Crippen LogP contribution >= 0.6 is 0 Å². The van der Waals surface area contributed by atoms with Crippen LogP contribution in [-0.2, 0) is 9.47 Å². The van der Waals surface area contributed by atoms with Crippen LogP contribution in [0.2, 0.25) is 0 Å². The minimum atomic E-state index is 0.107. The first-order valence-corrected chi connectivity index (χ1v) is 4.51. The van der Waals surface area contributed by atoms with Crippen LogP contribution in [-0.4, -0.2) is 18.8 Å². The van der Waals surface area contributed by atoms with Crippen LogP contribution in [0.3, 0.4) is 0 Å². The molecule has 0 bridgehead atoms. The van der Waals surface area contributed by atoms with E-state index in [0.717, 1.165) is 19.6 Å². The van der Waals surface area contributed by atoms with Crippen molar-refractivity contribution in [1.82, 2.24) is 0 Å². The molecule has 0 aliphatic carbocycles. The van der Waals surface area contributed by atoms with Crippen molar-refractivity contribution in [3.05, 3.63) is 11.8 Å². The Morgan fingerprint density at radius 2 is 2.25 bits per heavy atom.